The SMILES string of the molecule is Cc1ccccc1C1=N/C(=C\c2cc(Br)c(OCc3ccc([N+](=O)[O-])cc3)c(Br)c2)C(=O)O1. The Labute approximate surface area is 206 Å². The summed E-state index contributed by atoms with van der Waals surface area (Å²) in [6.45, 7) is 2.16. The molecule has 0 spiro atoms. The highest BCUT2D eigenvalue weighted by Crippen LogP contribution is 2.36. The van der Waals surface area contributed by atoms with E-state index in [1.165, 1.54) is 12.1 Å². The first-order chi connectivity index (χ1) is 15.8. The van der Waals surface area contributed by atoms with Crippen molar-refractivity contribution in [3.63, 3.8) is 0 Å². The van der Waals surface area contributed by atoms with Gasteiger partial charge in [-0.1, -0.05) is 18.2 Å². The third-order valence-corrected chi connectivity index (χ3v) is 6.03. The van der Waals surface area contributed by atoms with E-state index >= 15 is 0 Å². The number of aliphatic imine (C=N–C) groups is 1. The van der Waals surface area contributed by atoms with Gasteiger partial charge >= 0.3 is 5.97 Å². The summed E-state index contributed by atoms with van der Waals surface area (Å²) < 4.78 is 12.6. The van der Waals surface area contributed by atoms with Crippen molar-refractivity contribution in [2.45, 2.75) is 13.5 Å². The minimum atomic E-state index is -0.515. The van der Waals surface area contributed by atoms with Crippen molar-refractivity contribution >= 4 is 55.5 Å². The number of nitrogens with zero attached hydrogens (tertiary/aromatic N) is 2. The molecule has 9 heteroatoms. The first-order valence-corrected chi connectivity index (χ1v) is 11.3. The number of non-ortho nitro benzene ring substituents is 1. The van der Waals surface area contributed by atoms with Crippen molar-refractivity contribution in [3.8, 4) is 5.75 Å². The molecule has 4 rings (SSSR count). The quantitative estimate of drug-likeness (QED) is 0.149. The van der Waals surface area contributed by atoms with Gasteiger partial charge in [-0.25, -0.2) is 9.79 Å². The van der Waals surface area contributed by atoms with Crippen molar-refractivity contribution in [1.29, 1.82) is 0 Å². The number of cyclic esters (lactones) is 1. The second-order valence-electron chi connectivity index (χ2n) is 7.18. The van der Waals surface area contributed by atoms with Gasteiger partial charge in [-0.15, -0.1) is 0 Å². The molecule has 166 valence electrons. The Morgan fingerprint density at radius 1 is 1.09 bits per heavy atom. The van der Waals surface area contributed by atoms with Crippen LogP contribution in [0.4, 0.5) is 5.69 Å². The van der Waals surface area contributed by atoms with E-state index in [0.717, 1.165) is 22.3 Å². The van der Waals surface area contributed by atoms with E-state index in [0.29, 0.717) is 14.7 Å². The number of benzene rings is 3. The number of carbonyl (C=O) groups excluding carboxylic acids is 1. The monoisotopic (exact) mass is 570 g/mol. The van der Waals surface area contributed by atoms with Crippen LogP contribution in [0.15, 0.2) is 80.3 Å². The van der Waals surface area contributed by atoms with Crippen LogP contribution in [0.5, 0.6) is 5.75 Å². The van der Waals surface area contributed by atoms with Crippen molar-refractivity contribution in [1.82, 2.24) is 0 Å². The summed E-state index contributed by atoms with van der Waals surface area (Å²) in [7, 11) is 0. The molecule has 0 aromatic heterocycles. The van der Waals surface area contributed by atoms with E-state index in [-0.39, 0.29) is 23.9 Å². The van der Waals surface area contributed by atoms with Gasteiger partial charge in [0, 0.05) is 17.7 Å². The standard InChI is InChI=1S/C24H16Br2N2O5/c1-14-4-2-3-5-18(14)23-27-21(24(29)33-23)12-16-10-19(25)22(20(26)11-16)32-13-15-6-8-17(9-7-15)28(30)31/h2-12H,13H2,1H3/b21-12-. The fourth-order valence-corrected chi connectivity index (χ4v) is 4.62. The molecule has 0 aliphatic carbocycles. The Hall–Kier alpha value is -3.30. The van der Waals surface area contributed by atoms with E-state index in [1.807, 2.05) is 31.2 Å². The Bertz CT molecular complexity index is 1290. The molecule has 33 heavy (non-hydrogen) atoms. The molecular weight excluding hydrogens is 556 g/mol. The summed E-state index contributed by atoms with van der Waals surface area (Å²) in [5.74, 6) is 0.332. The maximum atomic E-state index is 12.3. The average Bonchev–Trinajstić information content (AvgIpc) is 3.13. The van der Waals surface area contributed by atoms with Gasteiger partial charge in [-0.2, -0.15) is 0 Å². The summed E-state index contributed by atoms with van der Waals surface area (Å²) in [4.78, 5) is 27.0. The highest BCUT2D eigenvalue weighted by molar-refractivity contribution is 9.11. The third kappa shape index (κ3) is 5.20. The molecule has 1 aliphatic rings. The topological polar surface area (TPSA) is 91.0 Å². The van der Waals surface area contributed by atoms with E-state index < -0.39 is 10.9 Å². The minimum Gasteiger partial charge on any atom is -0.487 e. The molecule has 3 aromatic carbocycles. The lowest BCUT2D eigenvalue weighted by Crippen LogP contribution is -2.06. The molecule has 0 amide bonds. The maximum absolute atomic E-state index is 12.3. The number of nitro benzene ring substituents is 1. The molecular formula is C24H16Br2N2O5. The number of hydrogen-bond donors (Lipinski definition) is 0. The van der Waals surface area contributed by atoms with E-state index in [9.17, 15) is 14.9 Å². The van der Waals surface area contributed by atoms with Gasteiger partial charge in [0.2, 0.25) is 5.90 Å². The number of hydrogen-bond acceptors (Lipinski definition) is 6. The molecule has 3 aromatic rings. The second-order valence-corrected chi connectivity index (χ2v) is 8.89. The molecule has 0 bridgehead atoms. The molecule has 0 radical (unpaired) electrons. The molecule has 0 saturated heterocycles. The van der Waals surface area contributed by atoms with Crippen LogP contribution in [-0.2, 0) is 16.1 Å². The van der Waals surface area contributed by atoms with Crippen LogP contribution in [0.3, 0.4) is 0 Å². The first kappa shape index (κ1) is 22.9. The van der Waals surface area contributed by atoms with E-state index in [4.69, 9.17) is 9.47 Å². The zero-order valence-electron chi connectivity index (χ0n) is 17.2. The van der Waals surface area contributed by atoms with Gasteiger partial charge in [-0.05, 0) is 91.9 Å². The minimum absolute atomic E-state index is 0.0252. The average molecular weight is 572 g/mol. The summed E-state index contributed by atoms with van der Waals surface area (Å²) in [5, 5.41) is 10.8. The van der Waals surface area contributed by atoms with Crippen LogP contribution >= 0.6 is 31.9 Å². The Balaban J connectivity index is 1.53. The number of halogens is 2. The van der Waals surface area contributed by atoms with Crippen LogP contribution in [0.1, 0.15) is 22.3 Å². The molecule has 7 nitrogen and oxygen atoms in total. The van der Waals surface area contributed by atoms with Crippen LogP contribution in [0, 0.1) is 17.0 Å². The number of aryl methyl sites for hydroxylation is 1. The van der Waals surface area contributed by atoms with Gasteiger partial charge in [0.15, 0.2) is 5.70 Å². The van der Waals surface area contributed by atoms with E-state index in [2.05, 4.69) is 36.9 Å². The molecule has 0 saturated carbocycles. The zero-order valence-corrected chi connectivity index (χ0v) is 20.4. The summed E-state index contributed by atoms with van der Waals surface area (Å²) in [6, 6.07) is 17.3. The van der Waals surface area contributed by atoms with Gasteiger partial charge < -0.3 is 9.47 Å². The largest absolute Gasteiger partial charge is 0.487 e. The van der Waals surface area contributed by atoms with Gasteiger partial charge in [0.1, 0.15) is 12.4 Å². The lowest BCUT2D eigenvalue weighted by molar-refractivity contribution is -0.384. The summed E-state index contributed by atoms with van der Waals surface area (Å²) in [5.41, 5.74) is 3.47. The molecule has 0 N–H and O–H groups in total. The third-order valence-electron chi connectivity index (χ3n) is 4.85. The van der Waals surface area contributed by atoms with Gasteiger partial charge in [0.25, 0.3) is 5.69 Å². The number of nitro groups is 1. The molecule has 1 aliphatic heterocycles. The molecule has 1 heterocycles. The first-order valence-electron chi connectivity index (χ1n) is 9.75. The number of esters is 1. The number of rotatable bonds is 6. The number of ether oxygens (including phenoxy) is 2. The van der Waals surface area contributed by atoms with Crippen LogP contribution in [0.2, 0.25) is 0 Å². The molecule has 0 atom stereocenters. The molecule has 0 fully saturated rings. The fraction of sp³-hybridized carbons (Fsp3) is 0.0833. The predicted molar refractivity (Wildman–Crippen MR) is 131 cm³/mol. The van der Waals surface area contributed by atoms with Crippen LogP contribution in [-0.4, -0.2) is 16.8 Å². The van der Waals surface area contributed by atoms with Crippen molar-refractivity contribution < 1.29 is 19.2 Å². The Morgan fingerprint density at radius 3 is 2.39 bits per heavy atom. The highest BCUT2D eigenvalue weighted by Gasteiger charge is 2.25. The smallest absolute Gasteiger partial charge is 0.363 e. The zero-order chi connectivity index (χ0) is 23.5. The highest BCUT2D eigenvalue weighted by atomic mass is 79.9. The normalized spacial score (nSPS) is 14.2. The molecule has 0 unspecified atom stereocenters. The van der Waals surface area contributed by atoms with Crippen LogP contribution in [0.25, 0.3) is 6.08 Å². The predicted octanol–water partition coefficient (Wildman–Crippen LogP) is 6.35. The fourth-order valence-electron chi connectivity index (χ4n) is 3.17. The lowest BCUT2D eigenvalue weighted by atomic mass is 10.1. The van der Waals surface area contributed by atoms with Crippen molar-refractivity contribution in [2.75, 3.05) is 0 Å². The second kappa shape index (κ2) is 9.68. The summed E-state index contributed by atoms with van der Waals surface area (Å²) >= 11 is 7.00. The van der Waals surface area contributed by atoms with Gasteiger partial charge in [0.05, 0.1) is 13.9 Å². The summed E-state index contributed by atoms with van der Waals surface area (Å²) in [6.07, 6.45) is 1.64. The maximum Gasteiger partial charge on any atom is 0.363 e. The van der Waals surface area contributed by atoms with Crippen LogP contribution < -0.4 is 4.74 Å². The number of carbonyl (C=O) groups is 1. The van der Waals surface area contributed by atoms with Crippen molar-refractivity contribution in [2.24, 2.45) is 4.99 Å². The van der Waals surface area contributed by atoms with Crippen molar-refractivity contribution in [3.05, 3.63) is 108 Å². The van der Waals surface area contributed by atoms with E-state index in [1.54, 1.807) is 30.3 Å². The Kier molecular flexibility index (Phi) is 6.71. The lowest BCUT2D eigenvalue weighted by Gasteiger charge is -2.11. The van der Waals surface area contributed by atoms with Gasteiger partial charge in [-0.3, -0.25) is 10.1 Å². The Morgan fingerprint density at radius 2 is 1.76 bits per heavy atom.